The van der Waals surface area contributed by atoms with Gasteiger partial charge in [-0.1, -0.05) is 32.0 Å². The lowest BCUT2D eigenvalue weighted by molar-refractivity contribution is -0.141. The van der Waals surface area contributed by atoms with Crippen molar-refractivity contribution in [3.63, 3.8) is 0 Å². The number of hydrogen-bond acceptors (Lipinski definition) is 4. The summed E-state index contributed by atoms with van der Waals surface area (Å²) in [7, 11) is 1.28. The van der Waals surface area contributed by atoms with Crippen molar-refractivity contribution in [2.24, 2.45) is 5.92 Å². The molecule has 114 valence electrons. The quantitative estimate of drug-likeness (QED) is 0.617. The Morgan fingerprint density at radius 3 is 2.67 bits per heavy atom. The van der Waals surface area contributed by atoms with Crippen LogP contribution < -0.4 is 10.1 Å². The molecule has 0 bridgehead atoms. The molecule has 5 nitrogen and oxygen atoms in total. The van der Waals surface area contributed by atoms with Crippen LogP contribution in [0.15, 0.2) is 36.6 Å². The van der Waals surface area contributed by atoms with Gasteiger partial charge in [0, 0.05) is 5.56 Å². The summed E-state index contributed by atoms with van der Waals surface area (Å²) >= 11 is 0. The molecule has 1 aromatic rings. The second-order valence-corrected chi connectivity index (χ2v) is 4.83. The van der Waals surface area contributed by atoms with Crippen molar-refractivity contribution < 1.29 is 19.1 Å². The number of allylic oxidation sites excluding steroid dienone is 1. The van der Waals surface area contributed by atoms with Gasteiger partial charge in [-0.15, -0.1) is 0 Å². The fraction of sp³-hybridized carbons (Fsp3) is 0.375. The summed E-state index contributed by atoms with van der Waals surface area (Å²) in [6, 6.07) is 7.29. The molecule has 0 fully saturated rings. The largest absolute Gasteiger partial charge is 0.468 e. The smallest absolute Gasteiger partial charge is 0.325 e. The predicted octanol–water partition coefficient (Wildman–Crippen LogP) is 2.07. The Bertz CT molecular complexity index is 509. The average molecular weight is 291 g/mol. The predicted molar refractivity (Wildman–Crippen MR) is 79.8 cm³/mol. The Morgan fingerprint density at radius 2 is 2.00 bits per heavy atom. The van der Waals surface area contributed by atoms with E-state index in [0.717, 1.165) is 5.56 Å². The van der Waals surface area contributed by atoms with E-state index in [0.29, 0.717) is 11.7 Å². The van der Waals surface area contributed by atoms with E-state index in [1.165, 1.54) is 7.11 Å². The molecule has 0 saturated carbocycles. The molecule has 0 aliphatic carbocycles. The number of carbonyl (C=O) groups excluding carboxylic acids is 2. The van der Waals surface area contributed by atoms with Gasteiger partial charge in [0.15, 0.2) is 0 Å². The summed E-state index contributed by atoms with van der Waals surface area (Å²) in [6.45, 7) is 3.96. The Kier molecular flexibility index (Phi) is 7.01. The van der Waals surface area contributed by atoms with Crippen LogP contribution in [0, 0.1) is 5.92 Å². The third kappa shape index (κ3) is 6.61. The Morgan fingerprint density at radius 1 is 1.29 bits per heavy atom. The van der Waals surface area contributed by atoms with Crippen molar-refractivity contribution in [1.82, 2.24) is 5.32 Å². The minimum atomic E-state index is -0.479. The molecule has 1 aromatic carbocycles. The monoisotopic (exact) mass is 291 g/mol. The number of hydrogen-bond donors (Lipinski definition) is 1. The van der Waals surface area contributed by atoms with Crippen LogP contribution in [0.25, 0.3) is 0 Å². The van der Waals surface area contributed by atoms with Gasteiger partial charge in [0.1, 0.15) is 12.3 Å². The molecule has 0 aromatic heterocycles. The molecule has 0 aliphatic heterocycles. The SMILES string of the molecule is COC(=O)CNC(=O)Cc1ccccc1O/C=C/C(C)C. The molecule has 0 aliphatic rings. The molecule has 1 rings (SSSR count). The number of benzene rings is 1. The molecular weight excluding hydrogens is 270 g/mol. The van der Waals surface area contributed by atoms with E-state index in [2.05, 4.69) is 10.1 Å². The summed E-state index contributed by atoms with van der Waals surface area (Å²) in [4.78, 5) is 22.7. The highest BCUT2D eigenvalue weighted by Crippen LogP contribution is 2.19. The van der Waals surface area contributed by atoms with Crippen molar-refractivity contribution >= 4 is 11.9 Å². The van der Waals surface area contributed by atoms with Gasteiger partial charge in [-0.25, -0.2) is 0 Å². The maximum absolute atomic E-state index is 11.8. The molecule has 0 heterocycles. The molecule has 0 saturated heterocycles. The number of amides is 1. The second-order valence-electron chi connectivity index (χ2n) is 4.83. The van der Waals surface area contributed by atoms with Gasteiger partial charge >= 0.3 is 5.97 Å². The van der Waals surface area contributed by atoms with E-state index in [1.807, 2.05) is 38.1 Å². The lowest BCUT2D eigenvalue weighted by atomic mass is 10.1. The average Bonchev–Trinajstić information content (AvgIpc) is 2.46. The number of methoxy groups -OCH3 is 1. The normalized spacial score (nSPS) is 10.7. The lowest BCUT2D eigenvalue weighted by Crippen LogP contribution is -2.31. The summed E-state index contributed by atoms with van der Waals surface area (Å²) in [5, 5.41) is 2.50. The standard InChI is InChI=1S/C16H21NO4/c1-12(2)8-9-21-14-7-5-4-6-13(14)10-15(18)17-11-16(19)20-3/h4-9,12H,10-11H2,1-3H3,(H,17,18)/b9-8+. The molecule has 1 N–H and O–H groups in total. The van der Waals surface area contributed by atoms with Gasteiger partial charge in [0.05, 0.1) is 19.8 Å². The molecule has 0 atom stereocenters. The topological polar surface area (TPSA) is 64.6 Å². The second kappa shape index (κ2) is 8.79. The summed E-state index contributed by atoms with van der Waals surface area (Å²) in [5.74, 6) is 0.278. The molecule has 1 amide bonds. The zero-order chi connectivity index (χ0) is 15.7. The van der Waals surface area contributed by atoms with E-state index in [9.17, 15) is 9.59 Å². The van der Waals surface area contributed by atoms with Crippen LogP contribution in [0.5, 0.6) is 5.75 Å². The highest BCUT2D eigenvalue weighted by molar-refractivity contribution is 5.83. The molecule has 0 radical (unpaired) electrons. The number of esters is 1. The van der Waals surface area contributed by atoms with Gasteiger partial charge < -0.3 is 14.8 Å². The van der Waals surface area contributed by atoms with Crippen molar-refractivity contribution in [3.05, 3.63) is 42.2 Å². The van der Waals surface area contributed by atoms with Crippen molar-refractivity contribution in [3.8, 4) is 5.75 Å². The van der Waals surface area contributed by atoms with E-state index in [1.54, 1.807) is 12.3 Å². The molecule has 0 spiro atoms. The van der Waals surface area contributed by atoms with Crippen molar-refractivity contribution in [1.29, 1.82) is 0 Å². The van der Waals surface area contributed by atoms with Crippen LogP contribution in [-0.2, 0) is 20.7 Å². The van der Waals surface area contributed by atoms with E-state index >= 15 is 0 Å². The first-order valence-electron chi connectivity index (χ1n) is 6.77. The first-order chi connectivity index (χ1) is 10.0. The van der Waals surface area contributed by atoms with E-state index in [-0.39, 0.29) is 18.9 Å². The summed E-state index contributed by atoms with van der Waals surface area (Å²) < 4.78 is 10.0. The third-order valence-electron chi connectivity index (χ3n) is 2.64. The number of rotatable bonds is 7. The van der Waals surface area contributed by atoms with E-state index < -0.39 is 5.97 Å². The van der Waals surface area contributed by atoms with Crippen LogP contribution in [-0.4, -0.2) is 25.5 Å². The van der Waals surface area contributed by atoms with Gasteiger partial charge in [0.2, 0.25) is 5.91 Å². The number of ether oxygens (including phenoxy) is 2. The van der Waals surface area contributed by atoms with Crippen LogP contribution in [0.2, 0.25) is 0 Å². The molecule has 5 heteroatoms. The van der Waals surface area contributed by atoms with Crippen LogP contribution in [0.1, 0.15) is 19.4 Å². The minimum absolute atomic E-state index is 0.133. The van der Waals surface area contributed by atoms with E-state index in [4.69, 9.17) is 4.74 Å². The fourth-order valence-electron chi connectivity index (χ4n) is 1.51. The van der Waals surface area contributed by atoms with Crippen LogP contribution in [0.3, 0.4) is 0 Å². The fourth-order valence-corrected chi connectivity index (χ4v) is 1.51. The van der Waals surface area contributed by atoms with Crippen molar-refractivity contribution in [2.45, 2.75) is 20.3 Å². The van der Waals surface area contributed by atoms with Crippen LogP contribution in [0.4, 0.5) is 0 Å². The van der Waals surface area contributed by atoms with Gasteiger partial charge in [0.25, 0.3) is 0 Å². The lowest BCUT2D eigenvalue weighted by Gasteiger charge is -2.09. The minimum Gasteiger partial charge on any atom is -0.468 e. The van der Waals surface area contributed by atoms with Gasteiger partial charge in [-0.2, -0.15) is 0 Å². The number of para-hydroxylation sites is 1. The first kappa shape index (κ1) is 16.8. The van der Waals surface area contributed by atoms with Gasteiger partial charge in [-0.3, -0.25) is 9.59 Å². The van der Waals surface area contributed by atoms with Gasteiger partial charge in [-0.05, 0) is 18.1 Å². The zero-order valence-corrected chi connectivity index (χ0v) is 12.6. The number of carbonyl (C=O) groups is 2. The molecule has 0 unspecified atom stereocenters. The Balaban J connectivity index is 2.62. The zero-order valence-electron chi connectivity index (χ0n) is 12.6. The summed E-state index contributed by atoms with van der Waals surface area (Å²) in [6.07, 6.45) is 3.69. The maximum atomic E-state index is 11.8. The van der Waals surface area contributed by atoms with Crippen molar-refractivity contribution in [2.75, 3.05) is 13.7 Å². The number of nitrogens with one attached hydrogen (secondary N) is 1. The molecule has 21 heavy (non-hydrogen) atoms. The van der Waals surface area contributed by atoms with Crippen LogP contribution >= 0.6 is 0 Å². The highest BCUT2D eigenvalue weighted by atomic mass is 16.5. The third-order valence-corrected chi connectivity index (χ3v) is 2.64. The first-order valence-corrected chi connectivity index (χ1v) is 6.77. The molecular formula is C16H21NO4. The maximum Gasteiger partial charge on any atom is 0.325 e. The Labute approximate surface area is 124 Å². The Hall–Kier alpha value is -2.30. The summed E-state index contributed by atoms with van der Waals surface area (Å²) in [5.41, 5.74) is 0.758. The highest BCUT2D eigenvalue weighted by Gasteiger charge is 2.09.